The Kier molecular flexibility index (Phi) is 4.36. The first kappa shape index (κ1) is 17.0. The number of anilines is 1. The number of nitrogens with zero attached hydrogens (tertiary/aromatic N) is 1. The minimum Gasteiger partial charge on any atom is -0.381 e. The molecule has 2 aromatic carbocycles. The number of amides is 2. The van der Waals surface area contributed by atoms with Crippen LogP contribution in [0.2, 0.25) is 0 Å². The Morgan fingerprint density at radius 1 is 1.08 bits per heavy atom. The standard InChI is InChI=1S/C20H20F2N2O2/c21-17-5-4-15(11-18(17)22)14-2-1-3-16(10-14)23-19(25)24-8-6-20(12-24)7-9-26-13-20/h1-5,10-11H,6-9,12-13H2,(H,23,25). The number of urea groups is 1. The second-order valence-corrected chi connectivity index (χ2v) is 7.11. The van der Waals surface area contributed by atoms with Crippen molar-refractivity contribution in [2.75, 3.05) is 31.6 Å². The van der Waals surface area contributed by atoms with Crippen LogP contribution in [-0.2, 0) is 4.74 Å². The number of carbonyl (C=O) groups is 1. The van der Waals surface area contributed by atoms with Gasteiger partial charge in [0.25, 0.3) is 0 Å². The van der Waals surface area contributed by atoms with Crippen molar-refractivity contribution in [3.05, 3.63) is 54.1 Å². The Balaban J connectivity index is 1.47. The first-order valence-electron chi connectivity index (χ1n) is 8.74. The van der Waals surface area contributed by atoms with E-state index in [0.29, 0.717) is 23.4 Å². The lowest BCUT2D eigenvalue weighted by molar-refractivity contribution is 0.154. The minimum atomic E-state index is -0.891. The fraction of sp³-hybridized carbons (Fsp3) is 0.350. The van der Waals surface area contributed by atoms with Crippen LogP contribution in [0, 0.1) is 17.0 Å². The second-order valence-electron chi connectivity index (χ2n) is 7.11. The zero-order valence-corrected chi connectivity index (χ0v) is 14.3. The molecule has 2 aromatic rings. The number of halogens is 2. The minimum absolute atomic E-state index is 0.116. The molecule has 0 radical (unpaired) electrons. The van der Waals surface area contributed by atoms with Crippen LogP contribution >= 0.6 is 0 Å². The SMILES string of the molecule is O=C(Nc1cccc(-c2ccc(F)c(F)c2)c1)N1CCC2(CCOC2)C1. The number of hydrogen-bond donors (Lipinski definition) is 1. The maximum Gasteiger partial charge on any atom is 0.321 e. The molecule has 2 amide bonds. The van der Waals surface area contributed by atoms with E-state index in [1.807, 2.05) is 4.90 Å². The third-order valence-electron chi connectivity index (χ3n) is 5.28. The molecule has 0 aromatic heterocycles. The summed E-state index contributed by atoms with van der Waals surface area (Å²) < 4.78 is 32.1. The van der Waals surface area contributed by atoms with Gasteiger partial charge >= 0.3 is 6.03 Å². The fourth-order valence-electron chi connectivity index (χ4n) is 3.73. The van der Waals surface area contributed by atoms with E-state index >= 15 is 0 Å². The van der Waals surface area contributed by atoms with Crippen molar-refractivity contribution in [2.24, 2.45) is 5.41 Å². The number of hydrogen-bond acceptors (Lipinski definition) is 2. The van der Waals surface area contributed by atoms with Crippen LogP contribution in [0.5, 0.6) is 0 Å². The lowest BCUT2D eigenvalue weighted by Gasteiger charge is -2.22. The van der Waals surface area contributed by atoms with Gasteiger partial charge in [-0.2, -0.15) is 0 Å². The zero-order valence-electron chi connectivity index (χ0n) is 14.3. The average molecular weight is 358 g/mol. The van der Waals surface area contributed by atoms with Crippen molar-refractivity contribution in [3.8, 4) is 11.1 Å². The number of benzene rings is 2. The maximum atomic E-state index is 13.5. The Bertz CT molecular complexity index is 834. The molecule has 0 aliphatic carbocycles. The molecule has 4 rings (SSSR count). The summed E-state index contributed by atoms with van der Waals surface area (Å²) in [4.78, 5) is 14.4. The van der Waals surface area contributed by atoms with Gasteiger partial charge in [-0.3, -0.25) is 0 Å². The number of likely N-dealkylation sites (tertiary alicyclic amines) is 1. The highest BCUT2D eigenvalue weighted by atomic mass is 19.2. The quantitative estimate of drug-likeness (QED) is 0.871. The summed E-state index contributed by atoms with van der Waals surface area (Å²) in [6, 6.07) is 10.7. The highest BCUT2D eigenvalue weighted by Gasteiger charge is 2.42. The van der Waals surface area contributed by atoms with Crippen molar-refractivity contribution in [1.82, 2.24) is 4.90 Å². The van der Waals surface area contributed by atoms with Gasteiger partial charge in [-0.1, -0.05) is 18.2 Å². The Labute approximate surface area is 150 Å². The molecule has 136 valence electrons. The summed E-state index contributed by atoms with van der Waals surface area (Å²) in [5.74, 6) is -1.77. The topological polar surface area (TPSA) is 41.6 Å². The van der Waals surface area contributed by atoms with Crippen molar-refractivity contribution in [3.63, 3.8) is 0 Å². The Hall–Kier alpha value is -2.47. The largest absolute Gasteiger partial charge is 0.381 e. The van der Waals surface area contributed by atoms with Crippen LogP contribution in [0.1, 0.15) is 12.8 Å². The van der Waals surface area contributed by atoms with E-state index < -0.39 is 11.6 Å². The summed E-state index contributed by atoms with van der Waals surface area (Å²) in [5, 5.41) is 2.90. The molecule has 2 aliphatic heterocycles. The molecule has 0 saturated carbocycles. The van der Waals surface area contributed by atoms with Crippen LogP contribution < -0.4 is 5.32 Å². The van der Waals surface area contributed by atoms with Crippen LogP contribution in [-0.4, -0.2) is 37.2 Å². The van der Waals surface area contributed by atoms with Crippen molar-refractivity contribution >= 4 is 11.7 Å². The third-order valence-corrected chi connectivity index (χ3v) is 5.28. The molecule has 1 atom stereocenters. The van der Waals surface area contributed by atoms with Gasteiger partial charge in [0.15, 0.2) is 11.6 Å². The molecule has 26 heavy (non-hydrogen) atoms. The van der Waals surface area contributed by atoms with Gasteiger partial charge in [-0.25, -0.2) is 13.6 Å². The van der Waals surface area contributed by atoms with Crippen molar-refractivity contribution in [2.45, 2.75) is 12.8 Å². The van der Waals surface area contributed by atoms with Crippen molar-refractivity contribution < 1.29 is 18.3 Å². The van der Waals surface area contributed by atoms with Crippen LogP contribution in [0.15, 0.2) is 42.5 Å². The van der Waals surface area contributed by atoms with Gasteiger partial charge in [0, 0.05) is 30.8 Å². The molecule has 0 bridgehead atoms. The van der Waals surface area contributed by atoms with E-state index in [0.717, 1.165) is 44.7 Å². The number of nitrogens with one attached hydrogen (secondary N) is 1. The average Bonchev–Trinajstić information content (AvgIpc) is 3.28. The van der Waals surface area contributed by atoms with E-state index in [1.54, 1.807) is 24.3 Å². The first-order chi connectivity index (χ1) is 12.5. The molecule has 1 unspecified atom stereocenters. The molecule has 2 heterocycles. The maximum absolute atomic E-state index is 13.5. The van der Waals surface area contributed by atoms with E-state index in [4.69, 9.17) is 4.74 Å². The second kappa shape index (κ2) is 6.68. The van der Waals surface area contributed by atoms with Gasteiger partial charge in [-0.05, 0) is 48.2 Å². The summed E-state index contributed by atoms with van der Waals surface area (Å²) in [5.41, 5.74) is 2.01. The molecule has 1 spiro atoms. The summed E-state index contributed by atoms with van der Waals surface area (Å²) >= 11 is 0. The predicted octanol–water partition coefficient (Wildman–Crippen LogP) is 4.28. The fourth-order valence-corrected chi connectivity index (χ4v) is 3.73. The van der Waals surface area contributed by atoms with Gasteiger partial charge in [0.05, 0.1) is 6.61 Å². The Morgan fingerprint density at radius 2 is 1.92 bits per heavy atom. The van der Waals surface area contributed by atoms with Crippen molar-refractivity contribution in [1.29, 1.82) is 0 Å². The number of carbonyl (C=O) groups excluding carboxylic acids is 1. The molecule has 6 heteroatoms. The smallest absolute Gasteiger partial charge is 0.321 e. The summed E-state index contributed by atoms with van der Waals surface area (Å²) in [6.45, 7) is 2.92. The van der Waals surface area contributed by atoms with Gasteiger partial charge in [-0.15, -0.1) is 0 Å². The van der Waals surface area contributed by atoms with Gasteiger partial charge in [0.2, 0.25) is 0 Å². The molecular weight excluding hydrogens is 338 g/mol. The monoisotopic (exact) mass is 358 g/mol. The zero-order chi connectivity index (χ0) is 18.1. The molecule has 2 fully saturated rings. The normalized spacial score (nSPS) is 22.2. The first-order valence-corrected chi connectivity index (χ1v) is 8.74. The highest BCUT2D eigenvalue weighted by Crippen LogP contribution is 2.38. The van der Waals surface area contributed by atoms with E-state index in [2.05, 4.69) is 5.32 Å². The number of ether oxygens (including phenoxy) is 1. The van der Waals surface area contributed by atoms with Crippen LogP contribution in [0.3, 0.4) is 0 Å². The summed E-state index contributed by atoms with van der Waals surface area (Å²) in [6.07, 6.45) is 1.97. The molecule has 2 aliphatic rings. The molecule has 1 N–H and O–H groups in total. The van der Waals surface area contributed by atoms with Crippen LogP contribution in [0.4, 0.5) is 19.3 Å². The van der Waals surface area contributed by atoms with E-state index in [1.165, 1.54) is 6.07 Å². The van der Waals surface area contributed by atoms with Gasteiger partial charge < -0.3 is 15.0 Å². The van der Waals surface area contributed by atoms with Crippen LogP contribution in [0.25, 0.3) is 11.1 Å². The number of rotatable bonds is 2. The lowest BCUT2D eigenvalue weighted by Crippen LogP contribution is -2.35. The highest BCUT2D eigenvalue weighted by molar-refractivity contribution is 5.90. The third kappa shape index (κ3) is 3.29. The Morgan fingerprint density at radius 3 is 2.69 bits per heavy atom. The molecule has 4 nitrogen and oxygen atoms in total. The van der Waals surface area contributed by atoms with E-state index in [9.17, 15) is 13.6 Å². The molecular formula is C20H20F2N2O2. The summed E-state index contributed by atoms with van der Waals surface area (Å²) in [7, 11) is 0. The predicted molar refractivity (Wildman–Crippen MR) is 94.9 cm³/mol. The van der Waals surface area contributed by atoms with Gasteiger partial charge in [0.1, 0.15) is 0 Å². The lowest BCUT2D eigenvalue weighted by atomic mass is 9.87. The van der Waals surface area contributed by atoms with E-state index in [-0.39, 0.29) is 11.4 Å². The molecule has 2 saturated heterocycles.